The molecule has 80 valence electrons. The van der Waals surface area contributed by atoms with Crippen LogP contribution in [0.3, 0.4) is 0 Å². The predicted octanol–water partition coefficient (Wildman–Crippen LogP) is -4.45. The van der Waals surface area contributed by atoms with Crippen molar-refractivity contribution in [1.82, 2.24) is 0 Å². The minimum Gasteiger partial charge on any atom is -0.382 e. The van der Waals surface area contributed by atoms with Gasteiger partial charge < -0.3 is 44.0 Å². The number of rotatable bonds is 0. The molecule has 0 atom stereocenters. The second-order valence-electron chi connectivity index (χ2n) is 0.783. The van der Waals surface area contributed by atoms with E-state index in [1.54, 1.807) is 0 Å². The van der Waals surface area contributed by atoms with Crippen molar-refractivity contribution in [3.8, 4) is 0 Å². The number of aliphatic hydroxyl groups excluding tert-OH is 3. The summed E-state index contributed by atoms with van der Waals surface area (Å²) in [4.78, 5) is 0. The van der Waals surface area contributed by atoms with E-state index >= 15 is 0 Å². The monoisotopic (exact) mass is 187 g/mol. The summed E-state index contributed by atoms with van der Waals surface area (Å²) in [7, 11) is 0. The normalized spacial score (nSPS) is 6.00. The average molecular weight is 187 g/mol. The number of hydrogen-bond acceptors (Lipinski definition) is 8. The highest BCUT2D eigenvalue weighted by molar-refractivity contribution is 3.94. The highest BCUT2D eigenvalue weighted by Crippen LogP contribution is 1.04. The highest BCUT2D eigenvalue weighted by atomic mass is 16.3. The lowest BCUT2D eigenvalue weighted by Gasteiger charge is -1.56. The van der Waals surface area contributed by atoms with Gasteiger partial charge in [-0.05, 0) is 0 Å². The lowest BCUT2D eigenvalue weighted by atomic mass is 11.3. The van der Waals surface area contributed by atoms with E-state index < -0.39 is 0 Å². The summed E-state index contributed by atoms with van der Waals surface area (Å²) in [6, 6.07) is 0. The summed E-state index contributed by atoms with van der Waals surface area (Å²) in [6.45, 7) is -0.500. The van der Waals surface area contributed by atoms with Crippen LogP contribution in [0.2, 0.25) is 0 Å². The van der Waals surface area contributed by atoms with E-state index in [0.29, 0.717) is 0 Å². The summed E-state index contributed by atoms with van der Waals surface area (Å²) in [6.07, 6.45) is 0. The van der Waals surface area contributed by atoms with Gasteiger partial charge in [0, 0.05) is 6.67 Å². The Balaban J connectivity index is -0.0000000356. The van der Waals surface area contributed by atoms with Crippen LogP contribution in [0, 0.1) is 0 Å². The first-order valence-electron chi connectivity index (χ1n) is 2.99. The maximum Gasteiger partial charge on any atom is 0.0906 e. The van der Waals surface area contributed by atoms with Crippen molar-refractivity contribution in [1.29, 1.82) is 0 Å². The second kappa shape index (κ2) is 73.9. The van der Waals surface area contributed by atoms with Crippen molar-refractivity contribution >= 4 is 0 Å². The van der Waals surface area contributed by atoms with Crippen molar-refractivity contribution in [2.24, 2.45) is 28.7 Å². The van der Waals surface area contributed by atoms with Crippen LogP contribution >= 0.6 is 0 Å². The molecule has 0 amide bonds. The zero-order valence-electron chi connectivity index (χ0n) is 7.06. The van der Waals surface area contributed by atoms with Crippen LogP contribution in [0.5, 0.6) is 0 Å². The number of aliphatic hydroxyl groups is 3. The summed E-state index contributed by atoms with van der Waals surface area (Å²) in [5, 5.41) is 22.0. The third kappa shape index (κ3) is 7120. The third-order valence-corrected chi connectivity index (χ3v) is 0. The van der Waals surface area contributed by atoms with Gasteiger partial charge in [0.05, 0.1) is 20.2 Å². The first-order chi connectivity index (χ1) is 5.66. The van der Waals surface area contributed by atoms with Crippen LogP contribution in [0.1, 0.15) is 0 Å². The van der Waals surface area contributed by atoms with Crippen molar-refractivity contribution in [2.45, 2.75) is 0 Å². The van der Waals surface area contributed by atoms with Gasteiger partial charge >= 0.3 is 0 Å². The van der Waals surface area contributed by atoms with Gasteiger partial charge in [0.25, 0.3) is 0 Å². The fourth-order valence-corrected chi connectivity index (χ4v) is 0. The molecule has 0 rings (SSSR count). The summed E-state index contributed by atoms with van der Waals surface area (Å²) >= 11 is 0. The lowest BCUT2D eigenvalue weighted by Crippen LogP contribution is -2.08. The first-order valence-corrected chi connectivity index (χ1v) is 2.99. The van der Waals surface area contributed by atoms with Gasteiger partial charge in [0.2, 0.25) is 0 Å². The maximum atomic E-state index is 7.35. The van der Waals surface area contributed by atoms with Gasteiger partial charge in [-0.3, -0.25) is 0 Å². The minimum absolute atomic E-state index is 0.250. The molecule has 0 unspecified atom stereocenters. The van der Waals surface area contributed by atoms with E-state index in [4.69, 9.17) is 15.3 Å². The third-order valence-electron chi connectivity index (χ3n) is 0. The van der Waals surface area contributed by atoms with E-state index in [1.165, 1.54) is 0 Å². The molecule has 0 aliphatic carbocycles. The largest absolute Gasteiger partial charge is 0.382 e. The van der Waals surface area contributed by atoms with E-state index in [1.807, 2.05) is 0 Å². The van der Waals surface area contributed by atoms with Gasteiger partial charge in [-0.25, -0.2) is 0 Å². The molecule has 0 saturated carbocycles. The molecular formula is C4H21N5O3. The maximum absolute atomic E-state index is 7.35. The molecule has 0 fully saturated rings. The topological polar surface area (TPSA) is 191 Å². The summed E-state index contributed by atoms with van der Waals surface area (Å²) in [5.74, 6) is 0. The first kappa shape index (κ1) is 22.6. The van der Waals surface area contributed by atoms with Crippen molar-refractivity contribution in [3.05, 3.63) is 0 Å². The standard InChI is InChI=1S/CH6N2.3CH5NO/c4*2-1-3/h1-3H2;3*3H,1-2H2. The molecule has 0 bridgehead atoms. The van der Waals surface area contributed by atoms with Gasteiger partial charge in [-0.15, -0.1) is 0 Å². The SMILES string of the molecule is NCN.NCO.NCO.NCO. The minimum atomic E-state index is -0.250. The zero-order chi connectivity index (χ0) is 10.8. The molecule has 13 N–H and O–H groups in total. The molecule has 0 radical (unpaired) electrons. The molecule has 0 saturated heterocycles. The molecule has 0 aromatic rings. The Kier molecular flexibility index (Phi) is 139. The molecule has 0 heterocycles. The van der Waals surface area contributed by atoms with Crippen molar-refractivity contribution < 1.29 is 15.3 Å². The molecule has 8 nitrogen and oxygen atoms in total. The van der Waals surface area contributed by atoms with E-state index in [2.05, 4.69) is 28.7 Å². The Bertz CT molecular complexity index is 26.7. The lowest BCUT2D eigenvalue weighted by molar-refractivity contribution is 0.307. The van der Waals surface area contributed by atoms with Gasteiger partial charge in [-0.1, -0.05) is 0 Å². The Labute approximate surface area is 71.9 Å². The predicted molar refractivity (Wildman–Crippen MR) is 47.1 cm³/mol. The molecule has 0 aliphatic rings. The Morgan fingerprint density at radius 1 is 0.583 bits per heavy atom. The molecule has 12 heavy (non-hydrogen) atoms. The summed E-state index contributed by atoms with van der Waals surface area (Å²) < 4.78 is 0. The smallest absolute Gasteiger partial charge is 0.0906 e. The van der Waals surface area contributed by atoms with Gasteiger partial charge in [0.1, 0.15) is 0 Å². The molecule has 0 aliphatic heterocycles. The number of nitrogens with two attached hydrogens (primary N) is 5. The Morgan fingerprint density at radius 3 is 0.583 bits per heavy atom. The van der Waals surface area contributed by atoms with Crippen LogP contribution in [-0.4, -0.2) is 42.2 Å². The van der Waals surface area contributed by atoms with Crippen LogP contribution in [-0.2, 0) is 0 Å². The molecule has 0 aromatic heterocycles. The van der Waals surface area contributed by atoms with Gasteiger partial charge in [0.15, 0.2) is 0 Å². The second-order valence-corrected chi connectivity index (χ2v) is 0.783. The fourth-order valence-electron chi connectivity index (χ4n) is 0. The van der Waals surface area contributed by atoms with Crippen molar-refractivity contribution in [3.63, 3.8) is 0 Å². The van der Waals surface area contributed by atoms with E-state index in [9.17, 15) is 0 Å². The average Bonchev–Trinajstić information content (AvgIpc) is 1.92. The molecule has 0 spiro atoms. The Morgan fingerprint density at radius 2 is 0.583 bits per heavy atom. The fraction of sp³-hybridized carbons (Fsp3) is 1.00. The van der Waals surface area contributed by atoms with Crippen LogP contribution in [0.15, 0.2) is 0 Å². The van der Waals surface area contributed by atoms with Crippen LogP contribution in [0.4, 0.5) is 0 Å². The molecular weight excluding hydrogens is 166 g/mol. The Hall–Kier alpha value is -0.320. The van der Waals surface area contributed by atoms with Crippen LogP contribution < -0.4 is 28.7 Å². The molecule has 8 heteroatoms. The highest BCUT2D eigenvalue weighted by Gasteiger charge is 1.31. The molecule has 0 aromatic carbocycles. The quantitative estimate of drug-likeness (QED) is 0.174. The van der Waals surface area contributed by atoms with Gasteiger partial charge in [-0.2, -0.15) is 0 Å². The zero-order valence-corrected chi connectivity index (χ0v) is 7.06. The number of hydrogen-bond donors (Lipinski definition) is 8. The summed E-state index contributed by atoms with van der Waals surface area (Å²) in [5.41, 5.74) is 22.5. The van der Waals surface area contributed by atoms with E-state index in [-0.39, 0.29) is 26.9 Å². The van der Waals surface area contributed by atoms with Crippen LogP contribution in [0.25, 0.3) is 0 Å². The van der Waals surface area contributed by atoms with Crippen molar-refractivity contribution in [2.75, 3.05) is 26.9 Å². The van der Waals surface area contributed by atoms with E-state index in [0.717, 1.165) is 0 Å².